The molecule has 14 heavy (non-hydrogen) atoms. The number of aromatic nitrogens is 2. The average molecular weight is 195 g/mol. The molecule has 1 aromatic rings. The predicted molar refractivity (Wildman–Crippen MR) is 53.8 cm³/mol. The molecule has 1 aliphatic rings. The molecule has 4 nitrogen and oxygen atoms in total. The van der Waals surface area contributed by atoms with Gasteiger partial charge in [0.2, 0.25) is 0 Å². The highest BCUT2D eigenvalue weighted by Crippen LogP contribution is 2.35. The Morgan fingerprint density at radius 2 is 2.36 bits per heavy atom. The molecule has 3 N–H and O–H groups in total. The van der Waals surface area contributed by atoms with Crippen molar-refractivity contribution in [3.63, 3.8) is 0 Å². The van der Waals surface area contributed by atoms with Gasteiger partial charge in [0.15, 0.2) is 0 Å². The van der Waals surface area contributed by atoms with E-state index < -0.39 is 5.60 Å². The molecule has 1 heterocycles. The first-order valence-electron chi connectivity index (χ1n) is 5.04. The van der Waals surface area contributed by atoms with Crippen LogP contribution in [0, 0.1) is 6.92 Å². The standard InChI is InChI=1S/C10H17N3O/c1-7-9-8(12-13(7)2)4-3-5-10(9,14)6-11/h14H,3-6,11H2,1-2H3. The molecule has 0 saturated heterocycles. The van der Waals surface area contributed by atoms with Crippen molar-refractivity contribution in [2.75, 3.05) is 6.54 Å². The average Bonchev–Trinajstić information content (AvgIpc) is 2.44. The monoisotopic (exact) mass is 195 g/mol. The molecule has 0 bridgehead atoms. The van der Waals surface area contributed by atoms with Crippen LogP contribution in [0.1, 0.15) is 29.8 Å². The lowest BCUT2D eigenvalue weighted by atomic mass is 9.81. The minimum Gasteiger partial charge on any atom is -0.384 e. The summed E-state index contributed by atoms with van der Waals surface area (Å²) in [5.41, 5.74) is 7.82. The molecule has 0 spiro atoms. The Balaban J connectivity index is 2.58. The molecule has 0 fully saturated rings. The second kappa shape index (κ2) is 3.07. The summed E-state index contributed by atoms with van der Waals surface area (Å²) < 4.78 is 1.83. The SMILES string of the molecule is Cc1c2c(nn1C)CCCC2(O)CN. The van der Waals surface area contributed by atoms with Gasteiger partial charge in [0.1, 0.15) is 5.60 Å². The molecule has 0 amide bonds. The van der Waals surface area contributed by atoms with Gasteiger partial charge in [-0.15, -0.1) is 0 Å². The fraction of sp³-hybridized carbons (Fsp3) is 0.700. The summed E-state index contributed by atoms with van der Waals surface area (Å²) >= 11 is 0. The third kappa shape index (κ3) is 1.18. The minimum absolute atomic E-state index is 0.284. The Kier molecular flexibility index (Phi) is 2.12. The second-order valence-electron chi connectivity index (χ2n) is 4.12. The first kappa shape index (κ1) is 9.68. The summed E-state index contributed by atoms with van der Waals surface area (Å²) in [6, 6.07) is 0. The molecule has 1 atom stereocenters. The Bertz CT molecular complexity index is 358. The van der Waals surface area contributed by atoms with Crippen LogP contribution in [0.15, 0.2) is 0 Å². The van der Waals surface area contributed by atoms with Crippen LogP contribution in [0.4, 0.5) is 0 Å². The largest absolute Gasteiger partial charge is 0.384 e. The summed E-state index contributed by atoms with van der Waals surface area (Å²) in [7, 11) is 1.91. The quantitative estimate of drug-likeness (QED) is 0.673. The smallest absolute Gasteiger partial charge is 0.105 e. The van der Waals surface area contributed by atoms with Gasteiger partial charge in [0.25, 0.3) is 0 Å². The van der Waals surface area contributed by atoms with E-state index in [4.69, 9.17) is 5.73 Å². The summed E-state index contributed by atoms with van der Waals surface area (Å²) in [6.45, 7) is 2.27. The lowest BCUT2D eigenvalue weighted by molar-refractivity contribution is 0.0272. The number of aryl methyl sites for hydroxylation is 2. The molecule has 78 valence electrons. The van der Waals surface area contributed by atoms with E-state index in [0.29, 0.717) is 0 Å². The third-order valence-electron chi connectivity index (χ3n) is 3.21. The fourth-order valence-corrected chi connectivity index (χ4v) is 2.33. The summed E-state index contributed by atoms with van der Waals surface area (Å²) in [6.07, 6.45) is 2.68. The van der Waals surface area contributed by atoms with Crippen LogP contribution in [0.3, 0.4) is 0 Å². The molecular weight excluding hydrogens is 178 g/mol. The Labute approximate surface area is 83.7 Å². The van der Waals surface area contributed by atoms with Gasteiger partial charge in [-0.3, -0.25) is 4.68 Å². The van der Waals surface area contributed by atoms with Crippen LogP contribution in [-0.4, -0.2) is 21.4 Å². The van der Waals surface area contributed by atoms with E-state index in [1.54, 1.807) is 0 Å². The maximum Gasteiger partial charge on any atom is 0.105 e. The van der Waals surface area contributed by atoms with E-state index in [9.17, 15) is 5.11 Å². The third-order valence-corrected chi connectivity index (χ3v) is 3.21. The van der Waals surface area contributed by atoms with Gasteiger partial charge in [-0.25, -0.2) is 0 Å². The highest BCUT2D eigenvalue weighted by molar-refractivity contribution is 5.34. The number of rotatable bonds is 1. The van der Waals surface area contributed by atoms with Gasteiger partial charge in [0.05, 0.1) is 5.69 Å². The van der Waals surface area contributed by atoms with Crippen LogP contribution >= 0.6 is 0 Å². The molecule has 4 heteroatoms. The van der Waals surface area contributed by atoms with Crippen molar-refractivity contribution in [2.24, 2.45) is 12.8 Å². The van der Waals surface area contributed by atoms with E-state index in [1.165, 1.54) is 0 Å². The molecule has 1 aliphatic carbocycles. The zero-order valence-corrected chi connectivity index (χ0v) is 8.75. The van der Waals surface area contributed by atoms with Crippen molar-refractivity contribution in [1.82, 2.24) is 9.78 Å². The summed E-state index contributed by atoms with van der Waals surface area (Å²) in [5.74, 6) is 0. The zero-order chi connectivity index (χ0) is 10.3. The second-order valence-corrected chi connectivity index (χ2v) is 4.12. The van der Waals surface area contributed by atoms with Gasteiger partial charge in [0, 0.05) is 24.8 Å². The van der Waals surface area contributed by atoms with E-state index in [0.717, 1.165) is 36.2 Å². The number of hydrogen-bond acceptors (Lipinski definition) is 3. The van der Waals surface area contributed by atoms with Crippen LogP contribution in [-0.2, 0) is 19.1 Å². The predicted octanol–water partition coefficient (Wildman–Crippen LogP) is 0.211. The van der Waals surface area contributed by atoms with E-state index >= 15 is 0 Å². The van der Waals surface area contributed by atoms with E-state index in [-0.39, 0.29) is 6.54 Å². The Morgan fingerprint density at radius 1 is 1.64 bits per heavy atom. The van der Waals surface area contributed by atoms with Gasteiger partial charge in [-0.1, -0.05) is 0 Å². The molecule has 0 aliphatic heterocycles. The lowest BCUT2D eigenvalue weighted by Gasteiger charge is -2.31. The first-order valence-corrected chi connectivity index (χ1v) is 5.04. The highest BCUT2D eigenvalue weighted by Gasteiger charge is 2.37. The van der Waals surface area contributed by atoms with Crippen molar-refractivity contribution in [3.05, 3.63) is 17.0 Å². The van der Waals surface area contributed by atoms with E-state index in [1.807, 2.05) is 18.7 Å². The van der Waals surface area contributed by atoms with E-state index in [2.05, 4.69) is 5.10 Å². The maximum atomic E-state index is 10.3. The summed E-state index contributed by atoms with van der Waals surface area (Å²) in [5, 5.41) is 14.7. The molecule has 1 aromatic heterocycles. The van der Waals surface area contributed by atoms with Gasteiger partial charge < -0.3 is 10.8 Å². The van der Waals surface area contributed by atoms with Crippen LogP contribution < -0.4 is 5.73 Å². The van der Waals surface area contributed by atoms with Crippen LogP contribution in [0.25, 0.3) is 0 Å². The maximum absolute atomic E-state index is 10.3. The molecule has 0 aromatic carbocycles. The summed E-state index contributed by atoms with van der Waals surface area (Å²) in [4.78, 5) is 0. The van der Waals surface area contributed by atoms with Gasteiger partial charge in [-0.2, -0.15) is 5.10 Å². The Morgan fingerprint density at radius 3 is 3.00 bits per heavy atom. The fourth-order valence-electron chi connectivity index (χ4n) is 2.33. The van der Waals surface area contributed by atoms with Crippen molar-refractivity contribution in [1.29, 1.82) is 0 Å². The molecule has 0 saturated carbocycles. The molecule has 0 radical (unpaired) electrons. The van der Waals surface area contributed by atoms with Crippen molar-refractivity contribution < 1.29 is 5.11 Å². The first-order chi connectivity index (χ1) is 6.58. The number of nitrogens with two attached hydrogens (primary N) is 1. The van der Waals surface area contributed by atoms with Crippen molar-refractivity contribution in [2.45, 2.75) is 31.8 Å². The van der Waals surface area contributed by atoms with Crippen LogP contribution in [0.5, 0.6) is 0 Å². The number of hydrogen-bond donors (Lipinski definition) is 2. The lowest BCUT2D eigenvalue weighted by Crippen LogP contribution is -2.38. The van der Waals surface area contributed by atoms with Crippen LogP contribution in [0.2, 0.25) is 0 Å². The van der Waals surface area contributed by atoms with Crippen molar-refractivity contribution in [3.8, 4) is 0 Å². The normalized spacial score (nSPS) is 26.3. The van der Waals surface area contributed by atoms with Gasteiger partial charge in [-0.05, 0) is 26.2 Å². The Hall–Kier alpha value is -0.870. The zero-order valence-electron chi connectivity index (χ0n) is 8.75. The topological polar surface area (TPSA) is 64.1 Å². The molecule has 1 unspecified atom stereocenters. The van der Waals surface area contributed by atoms with Gasteiger partial charge >= 0.3 is 0 Å². The molecule has 2 rings (SSSR count). The number of nitrogens with zero attached hydrogens (tertiary/aromatic N) is 2. The highest BCUT2D eigenvalue weighted by atomic mass is 16.3. The molecular formula is C10H17N3O. The van der Waals surface area contributed by atoms with Crippen molar-refractivity contribution >= 4 is 0 Å². The number of aliphatic hydroxyl groups is 1. The minimum atomic E-state index is -0.841. The number of fused-ring (bicyclic) bond motifs is 1.